The van der Waals surface area contributed by atoms with Crippen LogP contribution in [0.25, 0.3) is 49.1 Å². The zero-order chi connectivity index (χ0) is 21.1. The van der Waals surface area contributed by atoms with Crippen molar-refractivity contribution < 1.29 is 4.57 Å². The summed E-state index contributed by atoms with van der Waals surface area (Å²) in [4.78, 5) is 4.90. The van der Waals surface area contributed by atoms with Gasteiger partial charge >= 0.3 is 0 Å². The van der Waals surface area contributed by atoms with Gasteiger partial charge in [-0.2, -0.15) is 0 Å². The van der Waals surface area contributed by atoms with E-state index in [9.17, 15) is 0 Å². The molecule has 2 aliphatic carbocycles. The third kappa shape index (κ3) is 1.98. The number of pyridine rings is 3. The van der Waals surface area contributed by atoms with E-state index in [1.807, 2.05) is 6.20 Å². The predicted octanol–water partition coefficient (Wildman–Crippen LogP) is 6.42. The SMILES string of the molecule is Cc1ccc2c3cccnc3n3c4cc(C5CC6CCC5C6)cc5cc[n+](C)c(c1c23)c54. The van der Waals surface area contributed by atoms with Gasteiger partial charge in [-0.3, -0.25) is 4.40 Å². The standard InChI is InChI=1S/C29H26N3/c1-16-5-8-21-22-4-3-10-30-29(22)32-24-15-20(23-13-17-6-7-18(23)12-17)14-19-9-11-31(2)28(26(19)24)25(16)27(21)32/h3-5,8-11,14-15,17-18,23H,6-7,12-13H2,1-2H3/q+1. The molecule has 0 radical (unpaired) electrons. The molecule has 2 fully saturated rings. The lowest BCUT2D eigenvalue weighted by atomic mass is 9.82. The average molecular weight is 417 g/mol. The van der Waals surface area contributed by atoms with Crippen LogP contribution in [0.3, 0.4) is 0 Å². The molecule has 2 aliphatic rings. The second kappa shape index (κ2) is 5.78. The zero-order valence-corrected chi connectivity index (χ0v) is 18.6. The van der Waals surface area contributed by atoms with E-state index < -0.39 is 0 Å². The molecular weight excluding hydrogens is 390 g/mol. The molecule has 32 heavy (non-hydrogen) atoms. The Bertz CT molecular complexity index is 1720. The molecule has 2 aromatic carbocycles. The average Bonchev–Trinajstić information content (AvgIpc) is 3.53. The molecule has 156 valence electrons. The maximum absolute atomic E-state index is 4.90. The minimum atomic E-state index is 0.719. The molecular formula is C29H26N3+. The number of benzene rings is 2. The first-order valence-electron chi connectivity index (χ1n) is 12.0. The van der Waals surface area contributed by atoms with E-state index in [1.165, 1.54) is 74.7 Å². The highest BCUT2D eigenvalue weighted by molar-refractivity contribution is 6.25. The van der Waals surface area contributed by atoms with Crippen molar-refractivity contribution in [2.24, 2.45) is 18.9 Å². The lowest BCUT2D eigenvalue weighted by Gasteiger charge is -2.23. The molecule has 0 aliphatic heterocycles. The molecule has 8 rings (SSSR count). The molecule has 0 spiro atoms. The topological polar surface area (TPSA) is 21.2 Å². The minimum Gasteiger partial charge on any atom is -0.292 e. The number of rotatable bonds is 1. The first-order chi connectivity index (χ1) is 15.7. The Balaban J connectivity index is 1.64. The molecule has 3 nitrogen and oxygen atoms in total. The lowest BCUT2D eigenvalue weighted by molar-refractivity contribution is -0.643. The lowest BCUT2D eigenvalue weighted by Crippen LogP contribution is -2.29. The molecule has 2 bridgehead atoms. The minimum absolute atomic E-state index is 0.719. The van der Waals surface area contributed by atoms with E-state index in [-0.39, 0.29) is 0 Å². The van der Waals surface area contributed by atoms with Crippen LogP contribution in [-0.2, 0) is 7.05 Å². The number of hydrogen-bond donors (Lipinski definition) is 0. The largest absolute Gasteiger partial charge is 0.292 e. The number of hydrogen-bond acceptors (Lipinski definition) is 1. The molecule has 2 saturated carbocycles. The van der Waals surface area contributed by atoms with Crippen LogP contribution >= 0.6 is 0 Å². The highest BCUT2D eigenvalue weighted by Gasteiger charge is 2.40. The van der Waals surface area contributed by atoms with Crippen molar-refractivity contribution in [3.63, 3.8) is 0 Å². The summed E-state index contributed by atoms with van der Waals surface area (Å²) in [5.74, 6) is 2.54. The van der Waals surface area contributed by atoms with E-state index in [2.05, 4.69) is 71.6 Å². The van der Waals surface area contributed by atoms with Crippen molar-refractivity contribution in [3.8, 4) is 0 Å². The van der Waals surface area contributed by atoms with Gasteiger partial charge in [0, 0.05) is 23.0 Å². The number of aromatic nitrogens is 3. The van der Waals surface area contributed by atoms with Crippen LogP contribution in [-0.4, -0.2) is 9.38 Å². The summed E-state index contributed by atoms with van der Waals surface area (Å²) in [5.41, 5.74) is 7.94. The van der Waals surface area contributed by atoms with Crippen molar-refractivity contribution in [1.82, 2.24) is 9.38 Å². The van der Waals surface area contributed by atoms with Gasteiger partial charge in [0.05, 0.1) is 21.8 Å². The molecule has 3 heteroatoms. The van der Waals surface area contributed by atoms with Crippen molar-refractivity contribution in [2.45, 2.75) is 38.5 Å². The third-order valence-electron chi connectivity index (χ3n) is 8.78. The van der Waals surface area contributed by atoms with Crippen molar-refractivity contribution in [1.29, 1.82) is 0 Å². The molecule has 3 atom stereocenters. The predicted molar refractivity (Wildman–Crippen MR) is 131 cm³/mol. The molecule has 6 aromatic rings. The van der Waals surface area contributed by atoms with E-state index in [4.69, 9.17) is 4.98 Å². The Kier molecular flexibility index (Phi) is 3.13. The molecule has 3 unspecified atom stereocenters. The van der Waals surface area contributed by atoms with Crippen LogP contribution in [0, 0.1) is 18.8 Å². The fraction of sp³-hybridized carbons (Fsp3) is 0.310. The Morgan fingerprint density at radius 3 is 2.78 bits per heavy atom. The second-order valence-electron chi connectivity index (χ2n) is 10.4. The summed E-state index contributed by atoms with van der Waals surface area (Å²) in [5, 5.41) is 6.65. The summed E-state index contributed by atoms with van der Waals surface area (Å²) < 4.78 is 4.79. The van der Waals surface area contributed by atoms with Crippen molar-refractivity contribution in [3.05, 3.63) is 66.0 Å². The normalized spacial score (nSPS) is 23.1. The van der Waals surface area contributed by atoms with Crippen LogP contribution in [0.4, 0.5) is 0 Å². The van der Waals surface area contributed by atoms with Gasteiger partial charge in [0.25, 0.3) is 0 Å². The first-order valence-corrected chi connectivity index (χ1v) is 12.0. The summed E-state index contributed by atoms with van der Waals surface area (Å²) in [6, 6.07) is 16.2. The number of fused-ring (bicyclic) bond motifs is 7. The van der Waals surface area contributed by atoms with Gasteiger partial charge in [-0.25, -0.2) is 9.55 Å². The maximum atomic E-state index is 4.90. The monoisotopic (exact) mass is 416 g/mol. The van der Waals surface area contributed by atoms with Crippen LogP contribution in [0.5, 0.6) is 0 Å². The van der Waals surface area contributed by atoms with Crippen LogP contribution in [0.1, 0.15) is 42.7 Å². The van der Waals surface area contributed by atoms with Crippen LogP contribution in [0.2, 0.25) is 0 Å². The highest BCUT2D eigenvalue weighted by atomic mass is 15.0. The highest BCUT2D eigenvalue weighted by Crippen LogP contribution is 2.53. The fourth-order valence-electron chi connectivity index (χ4n) is 7.41. The second-order valence-corrected chi connectivity index (χ2v) is 10.4. The van der Waals surface area contributed by atoms with E-state index >= 15 is 0 Å². The zero-order valence-electron chi connectivity index (χ0n) is 18.6. The third-order valence-corrected chi connectivity index (χ3v) is 8.78. The van der Waals surface area contributed by atoms with Gasteiger partial charge in [0.2, 0.25) is 5.52 Å². The van der Waals surface area contributed by atoms with Gasteiger partial charge < -0.3 is 0 Å². The Morgan fingerprint density at radius 1 is 1.00 bits per heavy atom. The summed E-state index contributed by atoms with van der Waals surface area (Å²) in [6.07, 6.45) is 9.86. The Labute approximate surface area is 186 Å². The molecule has 0 amide bonds. The Morgan fingerprint density at radius 2 is 1.94 bits per heavy atom. The van der Waals surface area contributed by atoms with Gasteiger partial charge in [0.15, 0.2) is 6.20 Å². The van der Waals surface area contributed by atoms with Gasteiger partial charge in [-0.1, -0.05) is 24.6 Å². The molecule has 4 heterocycles. The van der Waals surface area contributed by atoms with Gasteiger partial charge in [-0.05, 0) is 78.7 Å². The van der Waals surface area contributed by atoms with Gasteiger partial charge in [-0.15, -0.1) is 0 Å². The quantitative estimate of drug-likeness (QED) is 0.172. The molecule has 4 aromatic heterocycles. The molecule has 0 N–H and O–H groups in total. The smallest absolute Gasteiger partial charge is 0.224 e. The van der Waals surface area contributed by atoms with Crippen molar-refractivity contribution in [2.75, 3.05) is 0 Å². The number of aryl methyl sites for hydroxylation is 2. The molecule has 0 saturated heterocycles. The van der Waals surface area contributed by atoms with Crippen LogP contribution < -0.4 is 4.57 Å². The first kappa shape index (κ1) is 17.4. The summed E-state index contributed by atoms with van der Waals surface area (Å²) >= 11 is 0. The van der Waals surface area contributed by atoms with Gasteiger partial charge in [0.1, 0.15) is 12.7 Å². The van der Waals surface area contributed by atoms with Crippen LogP contribution in [0.15, 0.2) is 54.9 Å². The van der Waals surface area contributed by atoms with E-state index in [1.54, 1.807) is 5.56 Å². The van der Waals surface area contributed by atoms with E-state index in [0.29, 0.717) is 0 Å². The summed E-state index contributed by atoms with van der Waals surface area (Å²) in [7, 11) is 2.19. The Hall–Kier alpha value is -3.20. The fourth-order valence-corrected chi connectivity index (χ4v) is 7.41. The maximum Gasteiger partial charge on any atom is 0.224 e. The number of nitrogens with zero attached hydrogens (tertiary/aromatic N) is 3. The summed E-state index contributed by atoms with van der Waals surface area (Å²) in [6.45, 7) is 2.25. The van der Waals surface area contributed by atoms with Crippen molar-refractivity contribution >= 4 is 49.1 Å². The van der Waals surface area contributed by atoms with E-state index in [0.717, 1.165) is 23.4 Å².